The van der Waals surface area contributed by atoms with E-state index in [1.165, 1.54) is 0 Å². The quantitative estimate of drug-likeness (QED) is 0.330. The van der Waals surface area contributed by atoms with Crippen LogP contribution in [-0.2, 0) is 18.9 Å². The zero-order valence-corrected chi connectivity index (χ0v) is 11.2. The first-order valence-corrected chi connectivity index (χ1v) is 7.31. The van der Waals surface area contributed by atoms with Gasteiger partial charge >= 0.3 is 0 Å². The second-order valence-corrected chi connectivity index (χ2v) is 4.96. The highest BCUT2D eigenvalue weighted by Crippen LogP contribution is 2.06. The molecule has 16 heavy (non-hydrogen) atoms. The van der Waals surface area contributed by atoms with Gasteiger partial charge in [-0.3, -0.25) is 0 Å². The molecule has 0 N–H and O–H groups in total. The van der Waals surface area contributed by atoms with Crippen LogP contribution in [0, 0.1) is 0 Å². The first-order chi connectivity index (χ1) is 7.86. The average molecular weight is 246 g/mol. The van der Waals surface area contributed by atoms with Crippen LogP contribution in [-0.4, -0.2) is 54.6 Å². The van der Waals surface area contributed by atoms with E-state index in [1.54, 1.807) is 0 Å². The molecule has 1 rings (SSSR count). The lowest BCUT2D eigenvalue weighted by Crippen LogP contribution is -2.36. The van der Waals surface area contributed by atoms with Gasteiger partial charge in [-0.1, -0.05) is 6.04 Å². The lowest BCUT2D eigenvalue weighted by atomic mass is 10.3. The summed E-state index contributed by atoms with van der Waals surface area (Å²) in [4.78, 5) is 0. The molecule has 0 bridgehead atoms. The Bertz CT molecular complexity index is 158. The predicted octanol–water partition coefficient (Wildman–Crippen LogP) is 1.27. The maximum Gasteiger partial charge on any atom is 0.137 e. The smallest absolute Gasteiger partial charge is 0.137 e. The normalized spacial score (nSPS) is 16.7. The highest BCUT2D eigenvalue weighted by atomic mass is 28.2. The van der Waals surface area contributed by atoms with Gasteiger partial charge < -0.3 is 18.9 Å². The van der Waals surface area contributed by atoms with Gasteiger partial charge in [0.15, 0.2) is 0 Å². The minimum atomic E-state index is -0.0120. The lowest BCUT2D eigenvalue weighted by Gasteiger charge is -2.26. The maximum atomic E-state index is 5.58. The zero-order chi connectivity index (χ0) is 11.6. The van der Waals surface area contributed by atoms with Crippen LogP contribution in [0.3, 0.4) is 0 Å². The minimum absolute atomic E-state index is 0.0120. The van der Waals surface area contributed by atoms with E-state index in [1.807, 2.05) is 13.8 Å². The first kappa shape index (κ1) is 14.1. The van der Waals surface area contributed by atoms with Gasteiger partial charge in [-0.2, -0.15) is 0 Å². The Balaban J connectivity index is 1.90. The van der Waals surface area contributed by atoms with Gasteiger partial charge in [0.25, 0.3) is 0 Å². The molecule has 1 heterocycles. The van der Waals surface area contributed by atoms with Crippen molar-refractivity contribution in [1.29, 1.82) is 0 Å². The molecule has 1 aliphatic rings. The molecule has 1 aliphatic heterocycles. The summed E-state index contributed by atoms with van der Waals surface area (Å²) in [5, 5.41) is 0. The number of ether oxygens (including phenoxy) is 4. The molecule has 94 valence electrons. The molecule has 0 aliphatic carbocycles. The number of hydrogen-bond acceptors (Lipinski definition) is 4. The van der Waals surface area contributed by atoms with Crippen LogP contribution < -0.4 is 0 Å². The van der Waals surface area contributed by atoms with Crippen LogP contribution in [0.1, 0.15) is 20.3 Å². The van der Waals surface area contributed by atoms with Gasteiger partial charge in [-0.15, -0.1) is 0 Å². The molecule has 0 saturated carbocycles. The number of hydrogen-bond donors (Lipinski definition) is 0. The molecule has 1 saturated heterocycles. The standard InChI is InChI=1S/C11H22O4Si/c1-3-13-11(14-4-2)16-7-5-6-15-10-8-12-9-10/h10-11H,3-9H2,1-2H3. The molecule has 5 heteroatoms. The van der Waals surface area contributed by atoms with Crippen molar-refractivity contribution in [3.63, 3.8) is 0 Å². The average Bonchev–Trinajstić information content (AvgIpc) is 2.21. The van der Waals surface area contributed by atoms with Crippen molar-refractivity contribution in [2.24, 2.45) is 0 Å². The van der Waals surface area contributed by atoms with E-state index in [4.69, 9.17) is 18.9 Å². The number of rotatable bonds is 10. The maximum absolute atomic E-state index is 5.58. The fraction of sp³-hybridized carbons (Fsp3) is 1.00. The molecule has 0 atom stereocenters. The van der Waals surface area contributed by atoms with Crippen molar-refractivity contribution >= 4 is 9.52 Å². The summed E-state index contributed by atoms with van der Waals surface area (Å²) in [5.74, 6) is -0.0120. The third-order valence-corrected chi connectivity index (χ3v) is 3.54. The molecule has 1 fully saturated rings. The van der Waals surface area contributed by atoms with Crippen molar-refractivity contribution in [3.05, 3.63) is 0 Å². The van der Waals surface area contributed by atoms with Gasteiger partial charge in [0.05, 0.1) is 13.2 Å². The van der Waals surface area contributed by atoms with Crippen molar-refractivity contribution in [1.82, 2.24) is 0 Å². The van der Waals surface area contributed by atoms with Gasteiger partial charge in [-0.25, -0.2) is 0 Å². The zero-order valence-electron chi connectivity index (χ0n) is 10.2. The van der Waals surface area contributed by atoms with Gasteiger partial charge in [0.2, 0.25) is 0 Å². The molecular weight excluding hydrogens is 224 g/mol. The molecule has 2 radical (unpaired) electrons. The van der Waals surface area contributed by atoms with Gasteiger partial charge in [0, 0.05) is 19.8 Å². The molecular formula is C11H22O4Si. The van der Waals surface area contributed by atoms with Crippen LogP contribution in [0.4, 0.5) is 0 Å². The summed E-state index contributed by atoms with van der Waals surface area (Å²) in [6.45, 7) is 7.78. The summed E-state index contributed by atoms with van der Waals surface area (Å²) < 4.78 is 21.6. The van der Waals surface area contributed by atoms with Crippen molar-refractivity contribution in [2.75, 3.05) is 33.0 Å². The Morgan fingerprint density at radius 1 is 1.25 bits per heavy atom. The molecule has 0 unspecified atom stereocenters. The Morgan fingerprint density at radius 3 is 2.44 bits per heavy atom. The van der Waals surface area contributed by atoms with E-state index in [0.717, 1.165) is 32.3 Å². The van der Waals surface area contributed by atoms with Crippen LogP contribution >= 0.6 is 0 Å². The highest BCUT2D eigenvalue weighted by molar-refractivity contribution is 6.36. The summed E-state index contributed by atoms with van der Waals surface area (Å²) in [6.07, 6.45) is 1.42. The third kappa shape index (κ3) is 5.96. The lowest BCUT2D eigenvalue weighted by molar-refractivity contribution is -0.129. The van der Waals surface area contributed by atoms with Crippen molar-refractivity contribution in [3.8, 4) is 0 Å². The van der Waals surface area contributed by atoms with Crippen LogP contribution in [0.2, 0.25) is 6.04 Å². The molecule has 0 aromatic rings. The Labute approximate surface area is 100 Å². The van der Waals surface area contributed by atoms with E-state index in [2.05, 4.69) is 0 Å². The molecule has 0 aromatic heterocycles. The van der Waals surface area contributed by atoms with Crippen LogP contribution in [0.25, 0.3) is 0 Å². The van der Waals surface area contributed by atoms with E-state index in [9.17, 15) is 0 Å². The van der Waals surface area contributed by atoms with Gasteiger partial charge in [-0.05, 0) is 20.3 Å². The first-order valence-electron chi connectivity index (χ1n) is 6.02. The summed E-state index contributed by atoms with van der Waals surface area (Å²) in [7, 11) is 0.703. The fourth-order valence-corrected chi connectivity index (χ4v) is 2.47. The minimum Gasteiger partial charge on any atom is -0.376 e. The SMILES string of the molecule is CCOC(OCC)[Si]CCCOC1COC1. The Kier molecular flexibility index (Phi) is 8.05. The van der Waals surface area contributed by atoms with Crippen LogP contribution in [0.15, 0.2) is 0 Å². The highest BCUT2D eigenvalue weighted by Gasteiger charge is 2.18. The van der Waals surface area contributed by atoms with E-state index in [-0.39, 0.29) is 5.91 Å². The van der Waals surface area contributed by atoms with E-state index < -0.39 is 0 Å². The molecule has 0 amide bonds. The van der Waals surface area contributed by atoms with Crippen molar-refractivity contribution in [2.45, 2.75) is 38.3 Å². The molecule has 4 nitrogen and oxygen atoms in total. The van der Waals surface area contributed by atoms with Gasteiger partial charge in [0.1, 0.15) is 21.5 Å². The fourth-order valence-electron chi connectivity index (χ4n) is 1.32. The van der Waals surface area contributed by atoms with E-state index in [0.29, 0.717) is 28.8 Å². The predicted molar refractivity (Wildman–Crippen MR) is 62.8 cm³/mol. The second-order valence-electron chi connectivity index (χ2n) is 3.58. The second kappa shape index (κ2) is 9.12. The summed E-state index contributed by atoms with van der Waals surface area (Å²) >= 11 is 0. The molecule has 0 spiro atoms. The largest absolute Gasteiger partial charge is 0.376 e. The third-order valence-electron chi connectivity index (χ3n) is 2.23. The summed E-state index contributed by atoms with van der Waals surface area (Å²) in [6, 6.07) is 1.11. The van der Waals surface area contributed by atoms with Crippen molar-refractivity contribution < 1.29 is 18.9 Å². The Hall–Kier alpha value is 0.0569. The molecule has 0 aromatic carbocycles. The Morgan fingerprint density at radius 2 is 1.94 bits per heavy atom. The van der Waals surface area contributed by atoms with Crippen LogP contribution in [0.5, 0.6) is 0 Å². The van der Waals surface area contributed by atoms with E-state index >= 15 is 0 Å². The summed E-state index contributed by atoms with van der Waals surface area (Å²) in [5.41, 5.74) is 0. The topological polar surface area (TPSA) is 36.9 Å². The monoisotopic (exact) mass is 246 g/mol.